The number of nitrogens with zero attached hydrogens (tertiary/aromatic N) is 6. The van der Waals surface area contributed by atoms with Gasteiger partial charge in [-0.15, -0.1) is 0 Å². The summed E-state index contributed by atoms with van der Waals surface area (Å²) < 4.78 is 1.37. The fraction of sp³-hybridized carbons (Fsp3) is 0.167. The Balaban J connectivity index is 1.83. The van der Waals surface area contributed by atoms with Crippen LogP contribution >= 0.6 is 23.2 Å². The summed E-state index contributed by atoms with van der Waals surface area (Å²) in [6.45, 7) is 0.480. The van der Waals surface area contributed by atoms with Gasteiger partial charge < -0.3 is 22.1 Å². The summed E-state index contributed by atoms with van der Waals surface area (Å²) >= 11 is 12.9. The van der Waals surface area contributed by atoms with Crippen molar-refractivity contribution < 1.29 is 4.79 Å². The van der Waals surface area contributed by atoms with Gasteiger partial charge in [0.25, 0.3) is 5.56 Å². The first-order chi connectivity index (χ1) is 17.7. The number of carbonyl (C=O) groups excluding carboxylic acids is 1. The lowest BCUT2D eigenvalue weighted by Gasteiger charge is -2.28. The monoisotopic (exact) mass is 535 g/mol. The van der Waals surface area contributed by atoms with Crippen LogP contribution in [0.4, 0.5) is 17.6 Å². The van der Waals surface area contributed by atoms with Crippen LogP contribution in [0.5, 0.6) is 0 Å². The van der Waals surface area contributed by atoms with Crippen molar-refractivity contribution in [3.63, 3.8) is 0 Å². The maximum atomic E-state index is 14.0. The smallest absolute Gasteiger partial charge is 0.267 e. The molecule has 4 aromatic rings. The van der Waals surface area contributed by atoms with Crippen molar-refractivity contribution in [2.75, 3.05) is 22.9 Å². The van der Waals surface area contributed by atoms with Crippen LogP contribution in [-0.2, 0) is 0 Å². The van der Waals surface area contributed by atoms with E-state index in [0.717, 1.165) is 0 Å². The lowest BCUT2D eigenvalue weighted by Crippen LogP contribution is -2.33. The third-order valence-corrected chi connectivity index (χ3v) is 6.83. The molecule has 1 saturated heterocycles. The van der Waals surface area contributed by atoms with Crippen molar-refractivity contribution in [3.05, 3.63) is 73.7 Å². The van der Waals surface area contributed by atoms with E-state index in [2.05, 4.69) is 9.97 Å². The normalized spacial score (nSPS) is 15.2. The highest BCUT2D eigenvalue weighted by atomic mass is 35.5. The first kappa shape index (κ1) is 24.3. The molecule has 37 heavy (non-hydrogen) atoms. The third-order valence-electron chi connectivity index (χ3n) is 6.21. The molecule has 6 N–H and O–H groups in total. The van der Waals surface area contributed by atoms with Gasteiger partial charge in [0.2, 0.25) is 11.9 Å². The van der Waals surface area contributed by atoms with Crippen molar-refractivity contribution in [3.8, 4) is 11.8 Å². The standard InChI is InChI=1S/C24H19Cl2N9O2/c25-14-6-7-15(26)18-17(14)23(37)35(12-4-1-3-11(9-12)20(29)36)22(31-18)16-5-2-8-34(16)21-13(10-27)19(28)32-24(30)33-21/h1,3-4,6-7,9,16H,2,5,8H2,(H2,29,36)(H4,28,30,32,33). The van der Waals surface area contributed by atoms with Crippen molar-refractivity contribution in [1.29, 1.82) is 5.26 Å². The van der Waals surface area contributed by atoms with Crippen LogP contribution in [0, 0.1) is 11.3 Å². The van der Waals surface area contributed by atoms with E-state index >= 15 is 0 Å². The van der Waals surface area contributed by atoms with Crippen LogP contribution in [0.2, 0.25) is 10.0 Å². The third kappa shape index (κ3) is 4.06. The summed E-state index contributed by atoms with van der Waals surface area (Å²) in [7, 11) is 0. The molecule has 1 atom stereocenters. The van der Waals surface area contributed by atoms with Gasteiger partial charge in [0.15, 0.2) is 5.82 Å². The molecule has 0 spiro atoms. The predicted octanol–water partition coefficient (Wildman–Crippen LogP) is 2.96. The Labute approximate surface area is 220 Å². The Morgan fingerprint density at radius 2 is 1.86 bits per heavy atom. The van der Waals surface area contributed by atoms with Gasteiger partial charge in [-0.3, -0.25) is 14.2 Å². The minimum absolute atomic E-state index is 0.0523. The molecule has 0 saturated carbocycles. The minimum Gasteiger partial charge on any atom is -0.382 e. The molecule has 0 bridgehead atoms. The van der Waals surface area contributed by atoms with Crippen molar-refractivity contribution in [1.82, 2.24) is 19.5 Å². The second-order valence-electron chi connectivity index (χ2n) is 8.41. The van der Waals surface area contributed by atoms with Crippen LogP contribution in [0.25, 0.3) is 16.6 Å². The number of halogens is 2. The number of hydrogen-bond donors (Lipinski definition) is 3. The van der Waals surface area contributed by atoms with E-state index in [-0.39, 0.29) is 49.7 Å². The van der Waals surface area contributed by atoms with Crippen molar-refractivity contribution in [2.45, 2.75) is 18.9 Å². The van der Waals surface area contributed by atoms with Gasteiger partial charge in [0, 0.05) is 12.1 Å². The highest BCUT2D eigenvalue weighted by Gasteiger charge is 2.34. The zero-order chi connectivity index (χ0) is 26.4. The van der Waals surface area contributed by atoms with Gasteiger partial charge in [-0.05, 0) is 43.2 Å². The molecule has 3 heterocycles. The predicted molar refractivity (Wildman–Crippen MR) is 141 cm³/mol. The Morgan fingerprint density at radius 1 is 1.11 bits per heavy atom. The fourth-order valence-electron chi connectivity index (χ4n) is 4.59. The number of nitrogens with two attached hydrogens (primary N) is 3. The molecule has 0 aliphatic carbocycles. The van der Waals surface area contributed by atoms with Gasteiger partial charge in [0.05, 0.1) is 32.7 Å². The topological polar surface area (TPSA) is 183 Å². The molecule has 1 aliphatic rings. The van der Waals surface area contributed by atoms with Gasteiger partial charge in [-0.1, -0.05) is 29.3 Å². The molecule has 1 aliphatic heterocycles. The molecule has 1 amide bonds. The van der Waals surface area contributed by atoms with E-state index < -0.39 is 17.5 Å². The summed E-state index contributed by atoms with van der Waals surface area (Å²) in [5.74, 6) is -0.257. The number of primary amides is 1. The number of rotatable bonds is 4. The molecule has 11 nitrogen and oxygen atoms in total. The Morgan fingerprint density at radius 3 is 2.59 bits per heavy atom. The molecular weight excluding hydrogens is 517 g/mol. The zero-order valence-electron chi connectivity index (χ0n) is 19.2. The van der Waals surface area contributed by atoms with Crippen LogP contribution in [0.15, 0.2) is 41.2 Å². The molecule has 2 aromatic carbocycles. The molecule has 0 radical (unpaired) electrons. The minimum atomic E-state index is -0.653. The number of carbonyl (C=O) groups is 1. The summed E-state index contributed by atoms with van der Waals surface area (Å²) in [5, 5.41) is 10.3. The number of nitrogen functional groups attached to an aromatic ring is 2. The molecule has 1 fully saturated rings. The summed E-state index contributed by atoms with van der Waals surface area (Å²) in [6.07, 6.45) is 1.25. The van der Waals surface area contributed by atoms with Gasteiger partial charge in [-0.2, -0.15) is 15.2 Å². The Kier molecular flexibility index (Phi) is 6.07. The molecular formula is C24H19Cl2N9O2. The average molecular weight is 536 g/mol. The van der Waals surface area contributed by atoms with E-state index in [1.54, 1.807) is 24.3 Å². The Bertz CT molecular complexity index is 1700. The lowest BCUT2D eigenvalue weighted by atomic mass is 10.1. The van der Waals surface area contributed by atoms with Crippen LogP contribution in [0.1, 0.15) is 40.6 Å². The summed E-state index contributed by atoms with van der Waals surface area (Å²) in [5.41, 5.74) is 17.7. The number of fused-ring (bicyclic) bond motifs is 1. The zero-order valence-corrected chi connectivity index (χ0v) is 20.7. The number of aromatic nitrogens is 4. The second kappa shape index (κ2) is 9.24. The number of amides is 1. The molecule has 13 heteroatoms. The highest BCUT2D eigenvalue weighted by molar-refractivity contribution is 6.39. The van der Waals surface area contributed by atoms with Crippen LogP contribution < -0.4 is 27.7 Å². The van der Waals surface area contributed by atoms with E-state index in [0.29, 0.717) is 30.9 Å². The van der Waals surface area contributed by atoms with Gasteiger partial charge in [0.1, 0.15) is 23.3 Å². The highest BCUT2D eigenvalue weighted by Crippen LogP contribution is 2.39. The molecule has 1 unspecified atom stereocenters. The van der Waals surface area contributed by atoms with Crippen LogP contribution in [-0.4, -0.2) is 32.0 Å². The number of benzene rings is 2. The number of hydrogen-bond acceptors (Lipinski definition) is 9. The SMILES string of the molecule is N#Cc1c(N)nc(N)nc1N1CCCC1c1nc2c(Cl)ccc(Cl)c2c(=O)n1-c1cccc(C(N)=O)c1. The number of nitriles is 1. The first-order valence-electron chi connectivity index (χ1n) is 11.1. The van der Waals surface area contributed by atoms with E-state index in [4.69, 9.17) is 45.4 Å². The summed E-state index contributed by atoms with van der Waals surface area (Å²) in [4.78, 5) is 40.7. The van der Waals surface area contributed by atoms with Gasteiger partial charge in [-0.25, -0.2) is 4.98 Å². The van der Waals surface area contributed by atoms with Crippen molar-refractivity contribution >= 4 is 57.6 Å². The largest absolute Gasteiger partial charge is 0.382 e. The van der Waals surface area contributed by atoms with E-state index in [9.17, 15) is 14.9 Å². The van der Waals surface area contributed by atoms with Crippen molar-refractivity contribution in [2.24, 2.45) is 5.73 Å². The molecule has 2 aromatic heterocycles. The van der Waals surface area contributed by atoms with Gasteiger partial charge >= 0.3 is 0 Å². The first-order valence-corrected chi connectivity index (χ1v) is 11.9. The Hall–Kier alpha value is -4.40. The summed E-state index contributed by atoms with van der Waals surface area (Å²) in [6, 6.07) is 10.9. The molecule has 5 rings (SSSR count). The quantitative estimate of drug-likeness (QED) is 0.353. The maximum absolute atomic E-state index is 14.0. The maximum Gasteiger partial charge on any atom is 0.267 e. The lowest BCUT2D eigenvalue weighted by molar-refractivity contribution is 0.1000. The molecule has 186 valence electrons. The average Bonchev–Trinajstić information content (AvgIpc) is 3.35. The van der Waals surface area contributed by atoms with Crippen LogP contribution in [0.3, 0.4) is 0 Å². The van der Waals surface area contributed by atoms with E-state index in [1.165, 1.54) is 16.7 Å². The van der Waals surface area contributed by atoms with E-state index in [1.807, 2.05) is 11.0 Å². The second-order valence-corrected chi connectivity index (χ2v) is 9.22. The number of anilines is 3. The fourth-order valence-corrected chi connectivity index (χ4v) is 5.03.